The van der Waals surface area contributed by atoms with Crippen molar-refractivity contribution in [2.45, 2.75) is 38.0 Å². The van der Waals surface area contributed by atoms with Gasteiger partial charge in [0.15, 0.2) is 0 Å². The summed E-state index contributed by atoms with van der Waals surface area (Å²) in [6, 6.07) is 6.33. The van der Waals surface area contributed by atoms with Crippen LogP contribution in [-0.2, 0) is 16.4 Å². The highest BCUT2D eigenvalue weighted by Crippen LogP contribution is 2.24. The standard InChI is InChI=1S/C16H21N3O3S2/c1-10(2)14-15(23-11(3)19-14)16(20)18-9-8-12-4-6-13(7-5-12)24(17,21)22/h4-7,10H,8-9H2,1-3H3,(H,18,20)(H2,17,21,22). The molecule has 24 heavy (non-hydrogen) atoms. The van der Waals surface area contributed by atoms with Crippen molar-refractivity contribution in [1.82, 2.24) is 10.3 Å². The second-order valence-corrected chi connectivity index (χ2v) is 8.56. The number of amides is 1. The predicted molar refractivity (Wildman–Crippen MR) is 94.8 cm³/mol. The van der Waals surface area contributed by atoms with E-state index in [0.29, 0.717) is 17.8 Å². The number of nitrogens with one attached hydrogen (secondary N) is 1. The molecule has 2 aromatic rings. The number of hydrogen-bond donors (Lipinski definition) is 2. The number of primary sulfonamides is 1. The molecule has 0 bridgehead atoms. The topological polar surface area (TPSA) is 102 Å². The highest BCUT2D eigenvalue weighted by molar-refractivity contribution is 7.89. The van der Waals surface area contributed by atoms with Gasteiger partial charge in [0.05, 0.1) is 15.6 Å². The number of nitrogens with two attached hydrogens (primary N) is 1. The van der Waals surface area contributed by atoms with Gasteiger partial charge >= 0.3 is 0 Å². The Hall–Kier alpha value is -1.77. The average Bonchev–Trinajstić information content (AvgIpc) is 2.89. The van der Waals surface area contributed by atoms with Crippen molar-refractivity contribution in [3.05, 3.63) is 45.4 Å². The van der Waals surface area contributed by atoms with E-state index < -0.39 is 10.0 Å². The number of sulfonamides is 1. The van der Waals surface area contributed by atoms with E-state index in [4.69, 9.17) is 5.14 Å². The van der Waals surface area contributed by atoms with E-state index >= 15 is 0 Å². The summed E-state index contributed by atoms with van der Waals surface area (Å²) in [5.41, 5.74) is 1.75. The van der Waals surface area contributed by atoms with Crippen molar-refractivity contribution in [1.29, 1.82) is 0 Å². The van der Waals surface area contributed by atoms with Gasteiger partial charge in [-0.15, -0.1) is 11.3 Å². The van der Waals surface area contributed by atoms with E-state index in [2.05, 4.69) is 10.3 Å². The molecule has 3 N–H and O–H groups in total. The lowest BCUT2D eigenvalue weighted by atomic mass is 10.1. The van der Waals surface area contributed by atoms with Crippen molar-refractivity contribution in [3.8, 4) is 0 Å². The van der Waals surface area contributed by atoms with Crippen molar-refractivity contribution >= 4 is 27.3 Å². The van der Waals surface area contributed by atoms with Crippen LogP contribution in [-0.4, -0.2) is 25.9 Å². The Kier molecular flexibility index (Phi) is 5.74. The van der Waals surface area contributed by atoms with Gasteiger partial charge in [0.1, 0.15) is 4.88 Å². The zero-order chi connectivity index (χ0) is 17.9. The fraction of sp³-hybridized carbons (Fsp3) is 0.375. The first-order chi connectivity index (χ1) is 11.2. The molecule has 0 radical (unpaired) electrons. The van der Waals surface area contributed by atoms with Crippen LogP contribution in [0.3, 0.4) is 0 Å². The van der Waals surface area contributed by atoms with Gasteiger partial charge in [-0.2, -0.15) is 0 Å². The molecule has 0 atom stereocenters. The van der Waals surface area contributed by atoms with Crippen molar-refractivity contribution < 1.29 is 13.2 Å². The molecule has 0 saturated heterocycles. The van der Waals surface area contributed by atoms with E-state index in [9.17, 15) is 13.2 Å². The lowest BCUT2D eigenvalue weighted by Gasteiger charge is -2.07. The predicted octanol–water partition coefficient (Wildman–Crippen LogP) is 2.19. The van der Waals surface area contributed by atoms with Crippen molar-refractivity contribution in [2.24, 2.45) is 5.14 Å². The van der Waals surface area contributed by atoms with Crippen LogP contribution in [0.4, 0.5) is 0 Å². The van der Waals surface area contributed by atoms with Crippen LogP contribution >= 0.6 is 11.3 Å². The molecule has 0 fully saturated rings. The highest BCUT2D eigenvalue weighted by atomic mass is 32.2. The third-order valence-corrected chi connectivity index (χ3v) is 5.38. The second-order valence-electron chi connectivity index (χ2n) is 5.80. The lowest BCUT2D eigenvalue weighted by Crippen LogP contribution is -2.26. The van der Waals surface area contributed by atoms with Gasteiger partial charge in [-0.1, -0.05) is 26.0 Å². The maximum atomic E-state index is 12.3. The van der Waals surface area contributed by atoms with Crippen LogP contribution in [0.2, 0.25) is 0 Å². The SMILES string of the molecule is Cc1nc(C(C)C)c(C(=O)NCCc2ccc(S(N)(=O)=O)cc2)s1. The summed E-state index contributed by atoms with van der Waals surface area (Å²) in [7, 11) is -3.68. The zero-order valence-corrected chi connectivity index (χ0v) is 15.5. The maximum Gasteiger partial charge on any atom is 0.263 e. The summed E-state index contributed by atoms with van der Waals surface area (Å²) in [6.45, 7) is 6.37. The maximum absolute atomic E-state index is 12.3. The molecule has 0 spiro atoms. The quantitative estimate of drug-likeness (QED) is 0.817. The molecular weight excluding hydrogens is 346 g/mol. The number of carbonyl (C=O) groups excluding carboxylic acids is 1. The van der Waals surface area contributed by atoms with Crippen LogP contribution in [0.1, 0.15) is 45.7 Å². The zero-order valence-electron chi connectivity index (χ0n) is 13.9. The summed E-state index contributed by atoms with van der Waals surface area (Å²) < 4.78 is 22.4. The average molecular weight is 367 g/mol. The molecule has 130 valence electrons. The molecule has 1 aromatic heterocycles. The Bertz CT molecular complexity index is 825. The lowest BCUT2D eigenvalue weighted by molar-refractivity contribution is 0.0956. The smallest absolute Gasteiger partial charge is 0.263 e. The molecule has 8 heteroatoms. The number of thiazole rings is 1. The molecular formula is C16H21N3O3S2. The van der Waals surface area contributed by atoms with Crippen LogP contribution in [0, 0.1) is 6.92 Å². The minimum atomic E-state index is -3.68. The van der Waals surface area contributed by atoms with E-state index in [1.165, 1.54) is 23.5 Å². The highest BCUT2D eigenvalue weighted by Gasteiger charge is 2.18. The first kappa shape index (κ1) is 18.6. The van der Waals surface area contributed by atoms with Gasteiger partial charge in [0.25, 0.3) is 5.91 Å². The Morgan fingerprint density at radius 3 is 2.46 bits per heavy atom. The number of benzene rings is 1. The van der Waals surface area contributed by atoms with E-state index in [1.807, 2.05) is 20.8 Å². The number of rotatable bonds is 6. The number of aromatic nitrogens is 1. The van der Waals surface area contributed by atoms with Crippen LogP contribution in [0.5, 0.6) is 0 Å². The minimum absolute atomic E-state index is 0.0806. The summed E-state index contributed by atoms with van der Waals surface area (Å²) in [5.74, 6) is 0.0758. The van der Waals surface area contributed by atoms with Gasteiger partial charge in [0.2, 0.25) is 10.0 Å². The summed E-state index contributed by atoms with van der Waals surface area (Å²) in [6.07, 6.45) is 0.603. The van der Waals surface area contributed by atoms with Gasteiger partial charge in [-0.3, -0.25) is 4.79 Å². The molecule has 0 unspecified atom stereocenters. The number of carbonyl (C=O) groups is 1. The Balaban J connectivity index is 1.96. The normalized spacial score (nSPS) is 11.7. The first-order valence-corrected chi connectivity index (χ1v) is 9.92. The third-order valence-electron chi connectivity index (χ3n) is 3.46. The van der Waals surface area contributed by atoms with E-state index in [-0.39, 0.29) is 16.7 Å². The van der Waals surface area contributed by atoms with Crippen molar-refractivity contribution in [2.75, 3.05) is 6.54 Å². The van der Waals surface area contributed by atoms with Crippen LogP contribution in [0.15, 0.2) is 29.2 Å². The Morgan fingerprint density at radius 2 is 1.92 bits per heavy atom. The molecule has 0 aliphatic rings. The molecule has 0 saturated carbocycles. The van der Waals surface area contributed by atoms with E-state index in [1.54, 1.807) is 12.1 Å². The van der Waals surface area contributed by atoms with Gasteiger partial charge < -0.3 is 5.32 Å². The third kappa shape index (κ3) is 4.62. The van der Waals surface area contributed by atoms with Crippen LogP contribution in [0.25, 0.3) is 0 Å². The summed E-state index contributed by atoms with van der Waals surface area (Å²) in [5, 5.41) is 8.83. The fourth-order valence-corrected chi connectivity index (χ4v) is 3.75. The van der Waals surface area contributed by atoms with Gasteiger partial charge in [-0.05, 0) is 37.0 Å². The molecule has 1 amide bonds. The molecule has 2 rings (SSSR count). The van der Waals surface area contributed by atoms with E-state index in [0.717, 1.165) is 16.3 Å². The molecule has 1 heterocycles. The minimum Gasteiger partial charge on any atom is -0.351 e. The monoisotopic (exact) mass is 367 g/mol. The molecule has 1 aromatic carbocycles. The second kappa shape index (κ2) is 7.42. The Labute approximate surface area is 146 Å². The summed E-state index contributed by atoms with van der Waals surface area (Å²) in [4.78, 5) is 17.5. The number of hydrogen-bond acceptors (Lipinski definition) is 5. The molecule has 6 nitrogen and oxygen atoms in total. The van der Waals surface area contributed by atoms with Gasteiger partial charge in [0, 0.05) is 6.54 Å². The van der Waals surface area contributed by atoms with Crippen molar-refractivity contribution in [3.63, 3.8) is 0 Å². The largest absolute Gasteiger partial charge is 0.351 e. The number of aryl methyl sites for hydroxylation is 1. The first-order valence-electron chi connectivity index (χ1n) is 7.55. The molecule has 0 aliphatic heterocycles. The summed E-state index contributed by atoms with van der Waals surface area (Å²) >= 11 is 1.40. The van der Waals surface area contributed by atoms with Crippen LogP contribution < -0.4 is 10.5 Å². The fourth-order valence-electron chi connectivity index (χ4n) is 2.24. The van der Waals surface area contributed by atoms with Gasteiger partial charge in [-0.25, -0.2) is 18.5 Å². The Morgan fingerprint density at radius 1 is 1.29 bits per heavy atom. The number of nitrogens with zero attached hydrogens (tertiary/aromatic N) is 1. The molecule has 0 aliphatic carbocycles.